The highest BCUT2D eigenvalue weighted by Gasteiger charge is 2.46. The first-order valence-electron chi connectivity index (χ1n) is 11.1. The zero-order chi connectivity index (χ0) is 22.9. The third-order valence-electron chi connectivity index (χ3n) is 5.57. The van der Waals surface area contributed by atoms with E-state index in [9.17, 15) is 5.11 Å². The average Bonchev–Trinajstić information content (AvgIpc) is 2.86. The Bertz CT molecular complexity index is 941. The molecule has 33 heavy (non-hydrogen) atoms. The summed E-state index contributed by atoms with van der Waals surface area (Å²) in [7, 11) is 0. The van der Waals surface area contributed by atoms with Crippen LogP contribution in [0.5, 0.6) is 0 Å². The van der Waals surface area contributed by atoms with Gasteiger partial charge in [-0.1, -0.05) is 103 Å². The number of rotatable bonds is 10. The Labute approximate surface area is 199 Å². The quantitative estimate of drug-likeness (QED) is 0.437. The van der Waals surface area contributed by atoms with Crippen molar-refractivity contribution in [1.29, 1.82) is 0 Å². The van der Waals surface area contributed by atoms with Crippen molar-refractivity contribution in [3.63, 3.8) is 0 Å². The number of halogens is 1. The minimum Gasteiger partial charge on any atom is -0.387 e. The number of aliphatic hydroxyl groups is 1. The molecule has 3 aromatic rings. The van der Waals surface area contributed by atoms with E-state index in [-0.39, 0.29) is 6.61 Å². The van der Waals surface area contributed by atoms with Gasteiger partial charge in [0.25, 0.3) is 0 Å². The Morgan fingerprint density at radius 1 is 0.667 bits per heavy atom. The van der Waals surface area contributed by atoms with Gasteiger partial charge in [0, 0.05) is 0 Å². The molecule has 174 valence electrons. The number of benzene rings is 3. The van der Waals surface area contributed by atoms with Crippen LogP contribution in [0, 0.1) is 0 Å². The van der Waals surface area contributed by atoms with E-state index < -0.39 is 30.0 Å². The molecule has 0 aromatic heterocycles. The molecule has 1 aliphatic heterocycles. The van der Waals surface area contributed by atoms with E-state index in [2.05, 4.69) is 0 Å². The monoisotopic (exact) mass is 468 g/mol. The molecule has 5 atom stereocenters. The normalized spacial score (nSPS) is 25.1. The van der Waals surface area contributed by atoms with Crippen LogP contribution in [0.3, 0.4) is 0 Å². The number of aliphatic hydroxyl groups excluding tert-OH is 1. The van der Waals surface area contributed by atoms with Gasteiger partial charge in [-0.2, -0.15) is 0 Å². The summed E-state index contributed by atoms with van der Waals surface area (Å²) in [5, 5.41) is 11.1. The molecule has 1 N–H and O–H groups in total. The second kappa shape index (κ2) is 12.3. The maximum Gasteiger partial charge on any atom is 0.160 e. The van der Waals surface area contributed by atoms with E-state index in [0.717, 1.165) is 16.7 Å². The lowest BCUT2D eigenvalue weighted by Crippen LogP contribution is -2.58. The minimum absolute atomic E-state index is 0.190. The molecule has 5 nitrogen and oxygen atoms in total. The molecule has 3 aromatic carbocycles. The molecule has 0 unspecified atom stereocenters. The Balaban J connectivity index is 1.41. The lowest BCUT2D eigenvalue weighted by Gasteiger charge is -2.42. The van der Waals surface area contributed by atoms with Crippen LogP contribution in [-0.2, 0) is 38.8 Å². The third-order valence-corrected chi connectivity index (χ3v) is 5.92. The predicted molar refractivity (Wildman–Crippen MR) is 127 cm³/mol. The fraction of sp³-hybridized carbons (Fsp3) is 0.333. The third kappa shape index (κ3) is 6.87. The van der Waals surface area contributed by atoms with Crippen molar-refractivity contribution in [2.45, 2.75) is 49.8 Å². The Hall–Kier alpha value is -2.25. The van der Waals surface area contributed by atoms with Gasteiger partial charge in [0.2, 0.25) is 0 Å². The summed E-state index contributed by atoms with van der Waals surface area (Å²) in [6.45, 7) is 1.28. The molecule has 0 radical (unpaired) electrons. The molecule has 1 aliphatic rings. The summed E-state index contributed by atoms with van der Waals surface area (Å²) < 4.78 is 24.0. The van der Waals surface area contributed by atoms with Gasteiger partial charge in [-0.05, 0) is 16.7 Å². The molecule has 6 heteroatoms. The van der Waals surface area contributed by atoms with Gasteiger partial charge in [-0.15, -0.1) is 0 Å². The molecule has 4 rings (SSSR count). The first-order chi connectivity index (χ1) is 16.2. The molecule has 0 spiro atoms. The zero-order valence-corrected chi connectivity index (χ0v) is 19.1. The van der Waals surface area contributed by atoms with Crippen LogP contribution >= 0.6 is 11.6 Å². The van der Waals surface area contributed by atoms with Crippen molar-refractivity contribution < 1.29 is 24.1 Å². The molecular weight excluding hydrogens is 440 g/mol. The predicted octanol–water partition coefficient (Wildman–Crippen LogP) is 4.70. The molecule has 0 saturated carbocycles. The van der Waals surface area contributed by atoms with Gasteiger partial charge in [-0.25, -0.2) is 0 Å². The smallest absolute Gasteiger partial charge is 0.160 e. The van der Waals surface area contributed by atoms with Crippen molar-refractivity contribution >= 4 is 11.6 Å². The Morgan fingerprint density at radius 3 is 1.64 bits per heavy atom. The van der Waals surface area contributed by atoms with Gasteiger partial charge in [-0.3, -0.25) is 0 Å². The van der Waals surface area contributed by atoms with Gasteiger partial charge >= 0.3 is 0 Å². The van der Waals surface area contributed by atoms with Crippen molar-refractivity contribution in [2.24, 2.45) is 0 Å². The minimum atomic E-state index is -0.958. The highest BCUT2D eigenvalue weighted by atomic mass is 35.5. The summed E-state index contributed by atoms with van der Waals surface area (Å²) >= 11 is 6.59. The van der Waals surface area contributed by atoms with E-state index in [0.29, 0.717) is 19.8 Å². The second-order valence-corrected chi connectivity index (χ2v) is 8.47. The molecule has 1 heterocycles. The van der Waals surface area contributed by atoms with Crippen LogP contribution in [0.4, 0.5) is 0 Å². The first-order valence-corrected chi connectivity index (χ1v) is 11.5. The van der Waals surface area contributed by atoms with Crippen molar-refractivity contribution in [3.05, 3.63) is 108 Å². The highest BCUT2D eigenvalue weighted by molar-refractivity contribution is 6.20. The summed E-state index contributed by atoms with van der Waals surface area (Å²) in [6.07, 6.45) is -2.90. The lowest BCUT2D eigenvalue weighted by atomic mass is 9.99. The van der Waals surface area contributed by atoms with Crippen LogP contribution in [0.15, 0.2) is 91.0 Å². The van der Waals surface area contributed by atoms with E-state index >= 15 is 0 Å². The largest absolute Gasteiger partial charge is 0.387 e. The summed E-state index contributed by atoms with van der Waals surface area (Å²) in [5.41, 5.74) is 2.27. The lowest BCUT2D eigenvalue weighted by molar-refractivity contribution is -0.242. The van der Waals surface area contributed by atoms with Crippen LogP contribution in [-0.4, -0.2) is 41.7 Å². The van der Waals surface area contributed by atoms with Gasteiger partial charge < -0.3 is 24.1 Å². The maximum absolute atomic E-state index is 11.1. The number of hydrogen-bond donors (Lipinski definition) is 1. The molecular formula is C27H29ClO5. The number of hydrogen-bond acceptors (Lipinski definition) is 5. The summed E-state index contributed by atoms with van der Waals surface area (Å²) in [5.74, 6) is 0. The van der Waals surface area contributed by atoms with Crippen molar-refractivity contribution in [3.8, 4) is 0 Å². The topological polar surface area (TPSA) is 57.2 Å². The van der Waals surface area contributed by atoms with E-state index in [1.165, 1.54) is 0 Å². The first kappa shape index (κ1) is 23.9. The number of alkyl halides is 1. The molecule has 0 aliphatic carbocycles. The maximum atomic E-state index is 11.1. The molecule has 0 bridgehead atoms. The SMILES string of the molecule is O[C@@H]1[C@H](OCc2ccccc2)[C@@H](OCc2ccccc2)[C@@H](Cl)O[C@@H]1COCc1ccccc1. The Morgan fingerprint density at radius 2 is 1.12 bits per heavy atom. The molecule has 1 fully saturated rings. The second-order valence-electron chi connectivity index (χ2n) is 8.04. The summed E-state index contributed by atoms with van der Waals surface area (Å²) in [4.78, 5) is 0. The van der Waals surface area contributed by atoms with Crippen LogP contribution in [0.25, 0.3) is 0 Å². The standard InChI is InChI=1S/C27H29ClO5/c28-27-26(32-18-22-14-8-3-9-15-22)25(31-17-21-12-6-2-7-13-21)24(29)23(33-27)19-30-16-20-10-4-1-5-11-20/h1-15,23-27,29H,16-19H2/t23-,24+,25+,26-,27+/m1/s1. The van der Waals surface area contributed by atoms with Crippen LogP contribution in [0.1, 0.15) is 16.7 Å². The summed E-state index contributed by atoms with van der Waals surface area (Å²) in [6, 6.07) is 29.5. The van der Waals surface area contributed by atoms with E-state index in [4.69, 9.17) is 30.5 Å². The average molecular weight is 469 g/mol. The van der Waals surface area contributed by atoms with Crippen LogP contribution in [0.2, 0.25) is 0 Å². The van der Waals surface area contributed by atoms with E-state index in [1.807, 2.05) is 91.0 Å². The number of ether oxygens (including phenoxy) is 4. The van der Waals surface area contributed by atoms with Crippen LogP contribution < -0.4 is 0 Å². The Kier molecular flexibility index (Phi) is 8.89. The molecule has 1 saturated heterocycles. The highest BCUT2D eigenvalue weighted by Crippen LogP contribution is 2.30. The fourth-order valence-electron chi connectivity index (χ4n) is 3.78. The van der Waals surface area contributed by atoms with Gasteiger partial charge in [0.15, 0.2) is 5.56 Å². The van der Waals surface area contributed by atoms with Gasteiger partial charge in [0.05, 0.1) is 26.4 Å². The molecule has 0 amide bonds. The zero-order valence-electron chi connectivity index (χ0n) is 18.3. The van der Waals surface area contributed by atoms with E-state index in [1.54, 1.807) is 0 Å². The fourth-order valence-corrected chi connectivity index (χ4v) is 4.13. The van der Waals surface area contributed by atoms with Gasteiger partial charge in [0.1, 0.15) is 24.4 Å². The van der Waals surface area contributed by atoms with Crippen molar-refractivity contribution in [2.75, 3.05) is 6.61 Å². The van der Waals surface area contributed by atoms with Crippen molar-refractivity contribution in [1.82, 2.24) is 0 Å².